The number of ketones is 1. The Kier molecular flexibility index (Phi) is 4.52. The van der Waals surface area contributed by atoms with E-state index in [1.807, 2.05) is 25.2 Å². The number of carbonyl (C=O) groups is 1. The highest BCUT2D eigenvalue weighted by Crippen LogP contribution is 2.39. The number of carbonyl (C=O) groups excluding carboxylic acids is 1. The number of furan rings is 1. The van der Waals surface area contributed by atoms with Crippen molar-refractivity contribution in [3.05, 3.63) is 89.1 Å². The van der Waals surface area contributed by atoms with E-state index in [4.69, 9.17) is 9.15 Å². The molecule has 1 atom stereocenters. The van der Waals surface area contributed by atoms with E-state index in [1.165, 1.54) is 16.7 Å². The molecule has 2 heterocycles. The maximum atomic E-state index is 12.6. The molecule has 0 saturated carbocycles. The predicted octanol–water partition coefficient (Wildman–Crippen LogP) is 2.82. The molecule has 1 aromatic heterocycles. The highest BCUT2D eigenvalue weighted by molar-refractivity contribution is 6.14. The zero-order valence-electron chi connectivity index (χ0n) is 14.9. The summed E-state index contributed by atoms with van der Waals surface area (Å²) < 4.78 is 11.1. The summed E-state index contributed by atoms with van der Waals surface area (Å²) in [6.45, 7) is 1.33. The van der Waals surface area contributed by atoms with Crippen molar-refractivity contribution in [3.8, 4) is 11.5 Å². The molecule has 1 aliphatic heterocycles. The first-order valence-corrected chi connectivity index (χ1v) is 8.79. The van der Waals surface area contributed by atoms with E-state index >= 15 is 0 Å². The number of rotatable bonds is 5. The van der Waals surface area contributed by atoms with E-state index in [9.17, 15) is 9.90 Å². The minimum Gasteiger partial charge on any atom is -0.507 e. The number of Topliss-reactive ketones (excluding diaryl/α,β-unsaturated/α-hetero) is 1. The fourth-order valence-electron chi connectivity index (χ4n) is 3.28. The van der Waals surface area contributed by atoms with Gasteiger partial charge in [-0.3, -0.25) is 4.79 Å². The number of aromatic hydroxyl groups is 1. The van der Waals surface area contributed by atoms with Gasteiger partial charge in [0, 0.05) is 11.6 Å². The summed E-state index contributed by atoms with van der Waals surface area (Å²) in [5, 5.41) is 10.4. The number of allylic oxidation sites excluding steroid dienone is 1. The molecule has 2 N–H and O–H groups in total. The summed E-state index contributed by atoms with van der Waals surface area (Å²) in [6.07, 6.45) is 3.11. The van der Waals surface area contributed by atoms with Crippen LogP contribution in [0.2, 0.25) is 0 Å². The predicted molar refractivity (Wildman–Crippen MR) is 100 cm³/mol. The van der Waals surface area contributed by atoms with Crippen molar-refractivity contribution in [2.24, 2.45) is 0 Å². The number of hydrogen-bond donors (Lipinski definition) is 2. The number of hydrogen-bond acceptors (Lipinski definition) is 4. The Morgan fingerprint density at radius 1 is 1.04 bits per heavy atom. The molecular formula is C22H20NO4+. The van der Waals surface area contributed by atoms with Crippen molar-refractivity contribution in [1.29, 1.82) is 0 Å². The highest BCUT2D eigenvalue weighted by Gasteiger charge is 2.32. The van der Waals surface area contributed by atoms with Gasteiger partial charge >= 0.3 is 0 Å². The number of fused-ring (bicyclic) bond motifs is 1. The van der Waals surface area contributed by atoms with Gasteiger partial charge in [0.25, 0.3) is 0 Å². The van der Waals surface area contributed by atoms with Crippen LogP contribution in [0.3, 0.4) is 0 Å². The minimum absolute atomic E-state index is 0.133. The molecule has 136 valence electrons. The molecule has 5 heteroatoms. The van der Waals surface area contributed by atoms with E-state index in [0.717, 1.165) is 6.54 Å². The summed E-state index contributed by atoms with van der Waals surface area (Å²) >= 11 is 0. The molecule has 0 saturated heterocycles. The van der Waals surface area contributed by atoms with Crippen molar-refractivity contribution in [3.63, 3.8) is 0 Å². The highest BCUT2D eigenvalue weighted by atomic mass is 16.5. The summed E-state index contributed by atoms with van der Waals surface area (Å²) in [5.41, 5.74) is 2.31. The molecular weight excluding hydrogens is 342 g/mol. The third-order valence-electron chi connectivity index (χ3n) is 4.56. The Labute approximate surface area is 157 Å². The topological polar surface area (TPSA) is 64.1 Å². The number of ether oxygens (including phenoxy) is 1. The van der Waals surface area contributed by atoms with Crippen LogP contribution in [0.25, 0.3) is 6.08 Å². The third kappa shape index (κ3) is 3.50. The molecule has 5 nitrogen and oxygen atoms in total. The molecule has 0 fully saturated rings. The molecule has 0 radical (unpaired) electrons. The van der Waals surface area contributed by atoms with Gasteiger partial charge in [-0.25, -0.2) is 0 Å². The molecule has 1 aliphatic rings. The summed E-state index contributed by atoms with van der Waals surface area (Å²) in [6, 6.07) is 16.8. The molecule has 4 rings (SSSR count). The number of phenols is 1. The van der Waals surface area contributed by atoms with Gasteiger partial charge in [0.05, 0.1) is 24.4 Å². The molecule has 0 aliphatic carbocycles. The van der Waals surface area contributed by atoms with E-state index < -0.39 is 0 Å². The van der Waals surface area contributed by atoms with Crippen LogP contribution in [0.5, 0.6) is 11.5 Å². The van der Waals surface area contributed by atoms with Crippen LogP contribution in [0.1, 0.15) is 27.2 Å². The summed E-state index contributed by atoms with van der Waals surface area (Å²) in [7, 11) is 2.04. The van der Waals surface area contributed by atoms with Crippen LogP contribution in [0.15, 0.2) is 71.0 Å². The first-order chi connectivity index (χ1) is 13.1. The Morgan fingerprint density at radius 2 is 1.85 bits per heavy atom. The zero-order chi connectivity index (χ0) is 18.8. The van der Waals surface area contributed by atoms with Crippen LogP contribution in [0, 0.1) is 0 Å². The van der Waals surface area contributed by atoms with Crippen molar-refractivity contribution in [2.75, 3.05) is 7.05 Å². The number of nitrogens with one attached hydrogen (secondary N) is 1. The van der Waals surface area contributed by atoms with Crippen molar-refractivity contribution < 1.29 is 24.0 Å². The van der Waals surface area contributed by atoms with Gasteiger partial charge in [0.15, 0.2) is 11.5 Å². The van der Waals surface area contributed by atoms with Crippen LogP contribution < -0.4 is 9.64 Å². The lowest BCUT2D eigenvalue weighted by atomic mass is 10.0. The average Bonchev–Trinajstić information content (AvgIpc) is 3.28. The second-order valence-corrected chi connectivity index (χ2v) is 6.69. The van der Waals surface area contributed by atoms with Gasteiger partial charge in [-0.05, 0) is 24.3 Å². The van der Waals surface area contributed by atoms with Crippen molar-refractivity contribution in [2.45, 2.75) is 13.1 Å². The second kappa shape index (κ2) is 7.13. The van der Waals surface area contributed by atoms with Gasteiger partial charge < -0.3 is 19.2 Å². The molecule has 0 amide bonds. The van der Waals surface area contributed by atoms with E-state index in [0.29, 0.717) is 29.2 Å². The van der Waals surface area contributed by atoms with Crippen LogP contribution >= 0.6 is 0 Å². The Hall–Kier alpha value is -3.31. The molecule has 27 heavy (non-hydrogen) atoms. The van der Waals surface area contributed by atoms with Gasteiger partial charge in [-0.15, -0.1) is 0 Å². The van der Waals surface area contributed by atoms with Crippen LogP contribution in [-0.2, 0) is 13.1 Å². The minimum atomic E-state index is -0.205. The molecule has 1 unspecified atom stereocenters. The third-order valence-corrected chi connectivity index (χ3v) is 4.56. The monoisotopic (exact) mass is 362 g/mol. The zero-order valence-corrected chi connectivity index (χ0v) is 14.9. The fraction of sp³-hybridized carbons (Fsp3) is 0.136. The molecule has 3 aromatic rings. The maximum absolute atomic E-state index is 12.6. The number of benzene rings is 2. The lowest BCUT2D eigenvalue weighted by Crippen LogP contribution is -3.06. The maximum Gasteiger partial charge on any atom is 0.232 e. The summed E-state index contributed by atoms with van der Waals surface area (Å²) in [4.78, 5) is 13.8. The van der Waals surface area contributed by atoms with Gasteiger partial charge in [-0.1, -0.05) is 30.3 Å². The van der Waals surface area contributed by atoms with E-state index in [2.05, 4.69) is 12.1 Å². The fourth-order valence-corrected chi connectivity index (χ4v) is 3.28. The molecule has 2 aromatic carbocycles. The Balaban J connectivity index is 1.60. The Bertz CT molecular complexity index is 991. The van der Waals surface area contributed by atoms with E-state index in [-0.39, 0.29) is 17.3 Å². The summed E-state index contributed by atoms with van der Waals surface area (Å²) in [5.74, 6) is 1.11. The second-order valence-electron chi connectivity index (χ2n) is 6.69. The Morgan fingerprint density at radius 3 is 2.59 bits per heavy atom. The quantitative estimate of drug-likeness (QED) is 0.685. The molecule has 0 bridgehead atoms. The van der Waals surface area contributed by atoms with Crippen molar-refractivity contribution >= 4 is 11.9 Å². The van der Waals surface area contributed by atoms with Crippen molar-refractivity contribution in [1.82, 2.24) is 0 Å². The first kappa shape index (κ1) is 17.1. The lowest BCUT2D eigenvalue weighted by Gasteiger charge is -2.16. The number of phenolic OH excluding ortho intramolecular Hbond substituents is 1. The average molecular weight is 362 g/mol. The van der Waals surface area contributed by atoms with Crippen LogP contribution in [-0.4, -0.2) is 17.9 Å². The SMILES string of the molecule is C[NH+](Cc1ccccc1)Cc1c(O)ccc2c1O/C(=C\c1ccco1)C2=O. The van der Waals surface area contributed by atoms with Gasteiger partial charge in [0.2, 0.25) is 5.78 Å². The van der Waals surface area contributed by atoms with E-state index in [1.54, 1.807) is 30.3 Å². The largest absolute Gasteiger partial charge is 0.507 e. The normalized spacial score (nSPS) is 15.6. The van der Waals surface area contributed by atoms with Gasteiger partial charge in [0.1, 0.15) is 24.6 Å². The molecule has 0 spiro atoms. The standard InChI is InChI=1S/C22H19NO4/c1-23(13-15-6-3-2-4-7-15)14-18-19(24)10-9-17-21(25)20(27-22(17)18)12-16-8-5-11-26-16/h2-12,24H,13-14H2,1H3/p+1/b20-12-. The van der Waals surface area contributed by atoms with Gasteiger partial charge in [-0.2, -0.15) is 0 Å². The smallest absolute Gasteiger partial charge is 0.232 e. The van der Waals surface area contributed by atoms with Crippen LogP contribution in [0.4, 0.5) is 0 Å². The number of quaternary nitrogens is 1. The first-order valence-electron chi connectivity index (χ1n) is 8.79. The lowest BCUT2D eigenvalue weighted by molar-refractivity contribution is -0.907.